The van der Waals surface area contributed by atoms with Gasteiger partial charge in [0, 0.05) is 24.8 Å². The van der Waals surface area contributed by atoms with Crippen molar-refractivity contribution in [3.05, 3.63) is 78.4 Å². The fourth-order valence-corrected chi connectivity index (χ4v) is 3.44. The predicted octanol–water partition coefficient (Wildman–Crippen LogP) is 3.47. The highest BCUT2D eigenvalue weighted by Crippen LogP contribution is 2.31. The molecule has 0 bridgehead atoms. The van der Waals surface area contributed by atoms with Gasteiger partial charge >= 0.3 is 0 Å². The number of benzene rings is 1. The number of amides is 1. The molecule has 0 radical (unpaired) electrons. The van der Waals surface area contributed by atoms with Crippen LogP contribution in [0.1, 0.15) is 16.1 Å². The minimum atomic E-state index is -0.341. The second-order valence-electron chi connectivity index (χ2n) is 5.45. The first kappa shape index (κ1) is 16.2. The van der Waals surface area contributed by atoms with Crippen molar-refractivity contribution in [3.8, 4) is 0 Å². The number of aromatic nitrogens is 4. The van der Waals surface area contributed by atoms with Crippen LogP contribution in [0.5, 0.6) is 0 Å². The van der Waals surface area contributed by atoms with Gasteiger partial charge < -0.3 is 0 Å². The molecule has 0 aliphatic carbocycles. The van der Waals surface area contributed by atoms with Gasteiger partial charge in [-0.3, -0.25) is 19.7 Å². The first-order chi connectivity index (χ1) is 12.7. The number of fused-ring (bicyclic) bond motifs is 1. The van der Waals surface area contributed by atoms with E-state index in [2.05, 4.69) is 19.9 Å². The van der Waals surface area contributed by atoms with Gasteiger partial charge in [-0.1, -0.05) is 17.4 Å². The molecule has 0 aliphatic heterocycles. The van der Waals surface area contributed by atoms with Gasteiger partial charge in [0.2, 0.25) is 0 Å². The van der Waals surface area contributed by atoms with Crippen molar-refractivity contribution in [3.63, 3.8) is 0 Å². The number of hydrogen-bond donors (Lipinski definition) is 0. The summed E-state index contributed by atoms with van der Waals surface area (Å²) >= 11 is 1.25. The third-order valence-electron chi connectivity index (χ3n) is 3.66. The number of carbonyl (C=O) groups is 1. The Hall–Kier alpha value is -3.26. The van der Waals surface area contributed by atoms with Crippen molar-refractivity contribution in [1.29, 1.82) is 0 Å². The standard InChI is InChI=1S/C18H12FN5OS/c19-13-3-4-14-16(8-13)26-18(23-14)24(11-12-2-1-5-20-9-12)17(25)15-10-21-6-7-22-15/h1-10H,11H2. The molecule has 0 saturated carbocycles. The van der Waals surface area contributed by atoms with Crippen molar-refractivity contribution >= 4 is 32.6 Å². The second kappa shape index (κ2) is 6.93. The van der Waals surface area contributed by atoms with Gasteiger partial charge in [-0.2, -0.15) is 0 Å². The number of anilines is 1. The average Bonchev–Trinajstić information content (AvgIpc) is 3.10. The largest absolute Gasteiger partial charge is 0.280 e. The van der Waals surface area contributed by atoms with Crippen LogP contribution in [0.15, 0.2) is 61.3 Å². The lowest BCUT2D eigenvalue weighted by Gasteiger charge is -2.19. The molecule has 6 nitrogen and oxygen atoms in total. The van der Waals surface area contributed by atoms with Gasteiger partial charge in [-0.05, 0) is 29.8 Å². The molecule has 0 atom stereocenters. The zero-order chi connectivity index (χ0) is 17.9. The number of nitrogens with zero attached hydrogens (tertiary/aromatic N) is 5. The number of pyridine rings is 1. The highest BCUT2D eigenvalue weighted by molar-refractivity contribution is 7.22. The van der Waals surface area contributed by atoms with Crippen LogP contribution in [0.3, 0.4) is 0 Å². The van der Waals surface area contributed by atoms with Gasteiger partial charge in [-0.15, -0.1) is 0 Å². The van der Waals surface area contributed by atoms with Crippen LogP contribution in [-0.2, 0) is 6.54 Å². The van der Waals surface area contributed by atoms with E-state index in [9.17, 15) is 9.18 Å². The highest BCUT2D eigenvalue weighted by atomic mass is 32.1. The Morgan fingerprint density at radius 1 is 1.12 bits per heavy atom. The summed E-state index contributed by atoms with van der Waals surface area (Å²) in [6.07, 6.45) is 7.72. The molecule has 3 aromatic heterocycles. The molecule has 0 N–H and O–H groups in total. The molecule has 1 aromatic carbocycles. The van der Waals surface area contributed by atoms with E-state index >= 15 is 0 Å². The lowest BCUT2D eigenvalue weighted by Crippen LogP contribution is -2.31. The quantitative estimate of drug-likeness (QED) is 0.554. The van der Waals surface area contributed by atoms with Crippen LogP contribution in [0, 0.1) is 5.82 Å². The zero-order valence-electron chi connectivity index (χ0n) is 13.4. The zero-order valence-corrected chi connectivity index (χ0v) is 14.2. The predicted molar refractivity (Wildman–Crippen MR) is 96.4 cm³/mol. The molecule has 1 amide bonds. The Labute approximate surface area is 152 Å². The van der Waals surface area contributed by atoms with Crippen molar-refractivity contribution < 1.29 is 9.18 Å². The molecular formula is C18H12FN5OS. The van der Waals surface area contributed by atoms with Crippen LogP contribution < -0.4 is 4.90 Å². The van der Waals surface area contributed by atoms with Gasteiger partial charge in [0.15, 0.2) is 5.13 Å². The lowest BCUT2D eigenvalue weighted by atomic mass is 10.2. The summed E-state index contributed by atoms with van der Waals surface area (Å²) in [7, 11) is 0. The molecule has 0 fully saturated rings. The number of carbonyl (C=O) groups excluding carboxylic acids is 1. The van der Waals surface area contributed by atoms with Gasteiger partial charge in [0.25, 0.3) is 5.91 Å². The third-order valence-corrected chi connectivity index (χ3v) is 4.70. The first-order valence-electron chi connectivity index (χ1n) is 7.73. The summed E-state index contributed by atoms with van der Waals surface area (Å²) < 4.78 is 14.2. The molecule has 0 unspecified atom stereocenters. The first-order valence-corrected chi connectivity index (χ1v) is 8.55. The Balaban J connectivity index is 1.77. The smallest absolute Gasteiger partial charge is 0.278 e. The Morgan fingerprint density at radius 3 is 2.77 bits per heavy atom. The maximum atomic E-state index is 13.5. The SMILES string of the molecule is O=C(c1cnccn1)N(Cc1cccnc1)c1nc2ccc(F)cc2s1. The van der Waals surface area contributed by atoms with E-state index < -0.39 is 0 Å². The fraction of sp³-hybridized carbons (Fsp3) is 0.0556. The highest BCUT2D eigenvalue weighted by Gasteiger charge is 2.23. The summed E-state index contributed by atoms with van der Waals surface area (Å²) in [6.45, 7) is 0.269. The maximum absolute atomic E-state index is 13.5. The minimum Gasteiger partial charge on any atom is -0.278 e. The fourth-order valence-electron chi connectivity index (χ4n) is 2.45. The van der Waals surface area contributed by atoms with Crippen molar-refractivity contribution in [2.75, 3.05) is 4.90 Å². The molecular weight excluding hydrogens is 353 g/mol. The van der Waals surface area contributed by atoms with E-state index in [0.29, 0.717) is 15.3 Å². The normalized spacial score (nSPS) is 10.8. The molecule has 4 rings (SSSR count). The van der Waals surface area contributed by atoms with Crippen LogP contribution in [-0.4, -0.2) is 25.8 Å². The molecule has 0 saturated heterocycles. The molecule has 3 heterocycles. The lowest BCUT2D eigenvalue weighted by molar-refractivity contribution is 0.0980. The molecule has 128 valence electrons. The number of halogens is 1. The maximum Gasteiger partial charge on any atom is 0.280 e. The van der Waals surface area contributed by atoms with E-state index in [1.807, 2.05) is 6.07 Å². The van der Waals surface area contributed by atoms with Crippen molar-refractivity contribution in [2.45, 2.75) is 6.54 Å². The number of hydrogen-bond acceptors (Lipinski definition) is 6. The van der Waals surface area contributed by atoms with Crippen LogP contribution >= 0.6 is 11.3 Å². The van der Waals surface area contributed by atoms with Crippen LogP contribution in [0.25, 0.3) is 10.2 Å². The summed E-state index contributed by atoms with van der Waals surface area (Å²) in [5.74, 6) is -0.673. The van der Waals surface area contributed by atoms with E-state index in [-0.39, 0.29) is 24.0 Å². The van der Waals surface area contributed by atoms with Gasteiger partial charge in [0.05, 0.1) is 23.0 Å². The number of rotatable bonds is 4. The Bertz CT molecular complexity index is 1060. The minimum absolute atomic E-state index is 0.210. The number of thiazole rings is 1. The van der Waals surface area contributed by atoms with Gasteiger partial charge in [-0.25, -0.2) is 14.4 Å². The summed E-state index contributed by atoms with van der Waals surface area (Å²) in [4.78, 5) is 31.1. The molecule has 0 spiro atoms. The summed E-state index contributed by atoms with van der Waals surface area (Å²) in [6, 6.07) is 8.03. The van der Waals surface area contributed by atoms with Crippen molar-refractivity contribution in [1.82, 2.24) is 19.9 Å². The average molecular weight is 365 g/mol. The van der Waals surface area contributed by atoms with E-state index in [1.165, 1.54) is 47.0 Å². The molecule has 26 heavy (non-hydrogen) atoms. The van der Waals surface area contributed by atoms with Gasteiger partial charge in [0.1, 0.15) is 11.5 Å². The van der Waals surface area contributed by atoms with E-state index in [4.69, 9.17) is 0 Å². The van der Waals surface area contributed by atoms with Crippen LogP contribution in [0.4, 0.5) is 9.52 Å². The topological polar surface area (TPSA) is 71.9 Å². The van der Waals surface area contributed by atoms with Crippen molar-refractivity contribution in [2.24, 2.45) is 0 Å². The summed E-state index contributed by atoms with van der Waals surface area (Å²) in [5, 5.41) is 0.463. The van der Waals surface area contributed by atoms with E-state index in [0.717, 1.165) is 5.56 Å². The molecule has 4 aromatic rings. The molecule has 8 heteroatoms. The third kappa shape index (κ3) is 3.27. The summed E-state index contributed by atoms with van der Waals surface area (Å²) in [5.41, 5.74) is 1.69. The Morgan fingerprint density at radius 2 is 2.00 bits per heavy atom. The monoisotopic (exact) mass is 365 g/mol. The second-order valence-corrected chi connectivity index (χ2v) is 6.46. The van der Waals surface area contributed by atoms with Crippen LogP contribution in [0.2, 0.25) is 0 Å². The van der Waals surface area contributed by atoms with E-state index in [1.54, 1.807) is 24.5 Å². The Kier molecular flexibility index (Phi) is 4.32. The molecule has 0 aliphatic rings.